The summed E-state index contributed by atoms with van der Waals surface area (Å²) in [7, 11) is 0. The third kappa shape index (κ3) is 2.12. The molecule has 2 nitrogen and oxygen atoms in total. The predicted molar refractivity (Wildman–Crippen MR) is 82.9 cm³/mol. The molecule has 0 saturated heterocycles. The summed E-state index contributed by atoms with van der Waals surface area (Å²) >= 11 is 0. The molecule has 2 aromatic carbocycles. The van der Waals surface area contributed by atoms with Gasteiger partial charge in [0.2, 0.25) is 0 Å². The second-order valence-corrected chi connectivity index (χ2v) is 5.48. The van der Waals surface area contributed by atoms with Crippen LogP contribution in [0, 0.1) is 20.8 Å². The summed E-state index contributed by atoms with van der Waals surface area (Å²) in [4.78, 5) is 0. The van der Waals surface area contributed by atoms with E-state index in [1.807, 2.05) is 30.3 Å². The zero-order chi connectivity index (χ0) is 14.3. The largest absolute Gasteiger partial charge is 0.459 e. The first-order valence-electron chi connectivity index (χ1n) is 6.88. The summed E-state index contributed by atoms with van der Waals surface area (Å²) in [5.41, 5.74) is 12.2. The van der Waals surface area contributed by atoms with E-state index < -0.39 is 0 Å². The summed E-state index contributed by atoms with van der Waals surface area (Å²) in [5, 5.41) is 1.10. The maximum atomic E-state index is 6.44. The van der Waals surface area contributed by atoms with E-state index in [0.29, 0.717) is 0 Å². The first kappa shape index (κ1) is 12.9. The standard InChI is InChI=1S/C18H19NO/c1-11-8-12(2)17(13(3)9-11)18(19)16-10-14-6-4-5-7-15(14)20-16/h4-10,18H,19H2,1-3H3. The lowest BCUT2D eigenvalue weighted by Crippen LogP contribution is -2.14. The number of furan rings is 1. The molecule has 0 aliphatic heterocycles. The highest BCUT2D eigenvalue weighted by molar-refractivity contribution is 5.78. The number of para-hydroxylation sites is 1. The highest BCUT2D eigenvalue weighted by Gasteiger charge is 2.18. The van der Waals surface area contributed by atoms with E-state index in [4.69, 9.17) is 10.2 Å². The molecule has 2 N–H and O–H groups in total. The van der Waals surface area contributed by atoms with Gasteiger partial charge in [-0.2, -0.15) is 0 Å². The van der Waals surface area contributed by atoms with Crippen LogP contribution in [0.2, 0.25) is 0 Å². The molecule has 1 aromatic heterocycles. The van der Waals surface area contributed by atoms with Gasteiger partial charge in [-0.15, -0.1) is 0 Å². The lowest BCUT2D eigenvalue weighted by molar-refractivity contribution is 0.523. The van der Waals surface area contributed by atoms with Crippen molar-refractivity contribution in [3.05, 3.63) is 70.5 Å². The van der Waals surface area contributed by atoms with Gasteiger partial charge < -0.3 is 10.2 Å². The Morgan fingerprint density at radius 2 is 1.60 bits per heavy atom. The van der Waals surface area contributed by atoms with Gasteiger partial charge >= 0.3 is 0 Å². The number of aryl methyl sites for hydroxylation is 3. The van der Waals surface area contributed by atoms with Crippen molar-refractivity contribution in [2.24, 2.45) is 5.73 Å². The Labute approximate surface area is 119 Å². The summed E-state index contributed by atoms with van der Waals surface area (Å²) in [6, 6.07) is 14.2. The van der Waals surface area contributed by atoms with Crippen LogP contribution in [-0.2, 0) is 0 Å². The Hall–Kier alpha value is -2.06. The van der Waals surface area contributed by atoms with Crippen LogP contribution >= 0.6 is 0 Å². The topological polar surface area (TPSA) is 39.2 Å². The lowest BCUT2D eigenvalue weighted by atomic mass is 9.93. The van der Waals surface area contributed by atoms with Gasteiger partial charge in [-0.05, 0) is 49.6 Å². The van der Waals surface area contributed by atoms with Crippen molar-refractivity contribution in [3.8, 4) is 0 Å². The fraction of sp³-hybridized carbons (Fsp3) is 0.222. The highest BCUT2D eigenvalue weighted by atomic mass is 16.3. The van der Waals surface area contributed by atoms with Gasteiger partial charge in [0.05, 0.1) is 6.04 Å². The molecule has 0 spiro atoms. The Morgan fingerprint density at radius 1 is 0.950 bits per heavy atom. The monoisotopic (exact) mass is 265 g/mol. The molecule has 0 aliphatic carbocycles. The fourth-order valence-electron chi connectivity index (χ4n) is 2.98. The van der Waals surface area contributed by atoms with Gasteiger partial charge in [0, 0.05) is 5.39 Å². The van der Waals surface area contributed by atoms with Crippen LogP contribution in [0.4, 0.5) is 0 Å². The quantitative estimate of drug-likeness (QED) is 0.745. The smallest absolute Gasteiger partial charge is 0.134 e. The van der Waals surface area contributed by atoms with E-state index in [9.17, 15) is 0 Å². The zero-order valence-corrected chi connectivity index (χ0v) is 12.1. The first-order chi connectivity index (χ1) is 9.56. The van der Waals surface area contributed by atoms with Crippen LogP contribution < -0.4 is 5.73 Å². The van der Waals surface area contributed by atoms with Gasteiger partial charge in [-0.25, -0.2) is 0 Å². The van der Waals surface area contributed by atoms with E-state index in [2.05, 4.69) is 32.9 Å². The molecule has 1 heterocycles. The second kappa shape index (κ2) is 4.80. The first-order valence-corrected chi connectivity index (χ1v) is 6.88. The summed E-state index contributed by atoms with van der Waals surface area (Å²) < 4.78 is 5.90. The minimum atomic E-state index is -0.219. The average molecular weight is 265 g/mol. The molecule has 2 heteroatoms. The normalized spacial score (nSPS) is 12.8. The number of benzene rings is 2. The zero-order valence-electron chi connectivity index (χ0n) is 12.1. The van der Waals surface area contributed by atoms with E-state index in [1.165, 1.54) is 16.7 Å². The van der Waals surface area contributed by atoms with Crippen LogP contribution in [0.25, 0.3) is 11.0 Å². The van der Waals surface area contributed by atoms with Gasteiger partial charge in [-0.1, -0.05) is 35.9 Å². The number of hydrogen-bond donors (Lipinski definition) is 1. The van der Waals surface area contributed by atoms with E-state index >= 15 is 0 Å². The van der Waals surface area contributed by atoms with Crippen LogP contribution in [0.3, 0.4) is 0 Å². The van der Waals surface area contributed by atoms with Crippen LogP contribution in [0.1, 0.15) is 34.1 Å². The van der Waals surface area contributed by atoms with Crippen LogP contribution in [-0.4, -0.2) is 0 Å². The molecule has 0 bridgehead atoms. The van der Waals surface area contributed by atoms with E-state index in [0.717, 1.165) is 22.3 Å². The highest BCUT2D eigenvalue weighted by Crippen LogP contribution is 2.30. The molecule has 0 aliphatic rings. The Bertz CT molecular complexity index is 714. The summed E-state index contributed by atoms with van der Waals surface area (Å²) in [5.74, 6) is 0.821. The van der Waals surface area contributed by atoms with Crippen molar-refractivity contribution in [2.75, 3.05) is 0 Å². The van der Waals surface area contributed by atoms with Crippen molar-refractivity contribution in [1.29, 1.82) is 0 Å². The Balaban J connectivity index is 2.10. The fourth-order valence-corrected chi connectivity index (χ4v) is 2.98. The van der Waals surface area contributed by atoms with Gasteiger partial charge in [0.15, 0.2) is 0 Å². The maximum Gasteiger partial charge on any atom is 0.134 e. The molecule has 20 heavy (non-hydrogen) atoms. The molecular formula is C18H19NO. The second-order valence-electron chi connectivity index (χ2n) is 5.48. The number of nitrogens with two attached hydrogens (primary N) is 1. The molecule has 3 rings (SSSR count). The average Bonchev–Trinajstić information content (AvgIpc) is 2.81. The number of fused-ring (bicyclic) bond motifs is 1. The molecule has 0 saturated carbocycles. The minimum absolute atomic E-state index is 0.219. The van der Waals surface area contributed by atoms with Gasteiger partial charge in [0.25, 0.3) is 0 Å². The van der Waals surface area contributed by atoms with Crippen molar-refractivity contribution in [2.45, 2.75) is 26.8 Å². The molecule has 0 radical (unpaired) electrons. The molecule has 0 amide bonds. The van der Waals surface area contributed by atoms with Gasteiger partial charge in [-0.3, -0.25) is 0 Å². The van der Waals surface area contributed by atoms with Crippen LogP contribution in [0.5, 0.6) is 0 Å². The molecule has 0 fully saturated rings. The number of hydrogen-bond acceptors (Lipinski definition) is 2. The van der Waals surface area contributed by atoms with E-state index in [-0.39, 0.29) is 6.04 Å². The third-order valence-corrected chi connectivity index (χ3v) is 3.80. The summed E-state index contributed by atoms with van der Waals surface area (Å²) in [6.45, 7) is 6.33. The number of rotatable bonds is 2. The maximum absolute atomic E-state index is 6.44. The van der Waals surface area contributed by atoms with Crippen molar-refractivity contribution < 1.29 is 4.42 Å². The third-order valence-electron chi connectivity index (χ3n) is 3.80. The van der Waals surface area contributed by atoms with Crippen molar-refractivity contribution in [1.82, 2.24) is 0 Å². The molecule has 102 valence electrons. The van der Waals surface area contributed by atoms with Crippen molar-refractivity contribution >= 4 is 11.0 Å². The Kier molecular flexibility index (Phi) is 3.11. The summed E-state index contributed by atoms with van der Waals surface area (Å²) in [6.07, 6.45) is 0. The van der Waals surface area contributed by atoms with Crippen LogP contribution in [0.15, 0.2) is 46.9 Å². The van der Waals surface area contributed by atoms with E-state index in [1.54, 1.807) is 0 Å². The van der Waals surface area contributed by atoms with Gasteiger partial charge in [0.1, 0.15) is 11.3 Å². The van der Waals surface area contributed by atoms with Crippen molar-refractivity contribution in [3.63, 3.8) is 0 Å². The lowest BCUT2D eigenvalue weighted by Gasteiger charge is -2.16. The minimum Gasteiger partial charge on any atom is -0.459 e. The Morgan fingerprint density at radius 3 is 2.25 bits per heavy atom. The predicted octanol–water partition coefficient (Wildman–Crippen LogP) is 4.41. The molecule has 3 aromatic rings. The molecule has 1 unspecified atom stereocenters. The molecular weight excluding hydrogens is 246 g/mol. The molecule has 1 atom stereocenters. The SMILES string of the molecule is Cc1cc(C)c(C(N)c2cc3ccccc3o2)c(C)c1.